The van der Waals surface area contributed by atoms with E-state index in [4.69, 9.17) is 22.7 Å². The summed E-state index contributed by atoms with van der Waals surface area (Å²) in [6.07, 6.45) is 2.78. The van der Waals surface area contributed by atoms with Crippen molar-refractivity contribution in [1.82, 2.24) is 0 Å². The van der Waals surface area contributed by atoms with Gasteiger partial charge in [-0.2, -0.15) is 0 Å². The zero-order valence-corrected chi connectivity index (χ0v) is 10.8. The summed E-state index contributed by atoms with van der Waals surface area (Å²) < 4.78 is 6.60. The van der Waals surface area contributed by atoms with E-state index in [1.54, 1.807) is 0 Å². The summed E-state index contributed by atoms with van der Waals surface area (Å²) in [6.45, 7) is 0.713. The molecule has 0 radical (unpaired) electrons. The monoisotopic (exact) mass is 287 g/mol. The van der Waals surface area contributed by atoms with Gasteiger partial charge in [-0.15, -0.1) is 0 Å². The number of benzene rings is 1. The Bertz CT molecular complexity index is 313. The van der Waals surface area contributed by atoms with Crippen LogP contribution in [0.15, 0.2) is 28.7 Å². The van der Waals surface area contributed by atoms with Gasteiger partial charge in [0.2, 0.25) is 0 Å². The van der Waals surface area contributed by atoms with Crippen LogP contribution in [0.4, 0.5) is 0 Å². The lowest BCUT2D eigenvalue weighted by Crippen LogP contribution is -2.07. The lowest BCUT2D eigenvalue weighted by molar-refractivity contribution is 0.308. The van der Waals surface area contributed by atoms with Crippen molar-refractivity contribution in [1.29, 1.82) is 0 Å². The molecule has 4 heteroatoms. The first-order valence-electron chi connectivity index (χ1n) is 4.85. The quantitative estimate of drug-likeness (QED) is 0.644. The fourth-order valence-corrected chi connectivity index (χ4v) is 1.53. The maximum atomic E-state index is 5.54. The highest BCUT2D eigenvalue weighted by Crippen LogP contribution is 2.16. The van der Waals surface area contributed by atoms with Crippen LogP contribution in [0.25, 0.3) is 0 Å². The van der Waals surface area contributed by atoms with Crippen LogP contribution in [0, 0.1) is 0 Å². The highest BCUT2D eigenvalue weighted by atomic mass is 79.9. The average molecular weight is 288 g/mol. The maximum absolute atomic E-state index is 5.54. The molecule has 82 valence electrons. The highest BCUT2D eigenvalue weighted by molar-refractivity contribution is 9.10. The third-order valence-electron chi connectivity index (χ3n) is 1.90. The summed E-state index contributed by atoms with van der Waals surface area (Å²) in [7, 11) is 0. The van der Waals surface area contributed by atoms with Crippen molar-refractivity contribution in [2.75, 3.05) is 6.61 Å². The molecule has 2 N–H and O–H groups in total. The van der Waals surface area contributed by atoms with E-state index >= 15 is 0 Å². The molecule has 0 aliphatic rings. The number of unbranched alkanes of at least 4 members (excludes halogenated alkanes) is 1. The first-order valence-corrected chi connectivity index (χ1v) is 6.05. The van der Waals surface area contributed by atoms with E-state index < -0.39 is 0 Å². The minimum atomic E-state index is 0.582. The maximum Gasteiger partial charge on any atom is 0.119 e. The van der Waals surface area contributed by atoms with Crippen molar-refractivity contribution in [3.8, 4) is 5.75 Å². The van der Waals surface area contributed by atoms with Crippen molar-refractivity contribution in [3.63, 3.8) is 0 Å². The zero-order chi connectivity index (χ0) is 11.1. The van der Waals surface area contributed by atoms with E-state index in [1.165, 1.54) is 0 Å². The van der Waals surface area contributed by atoms with Crippen molar-refractivity contribution in [3.05, 3.63) is 28.7 Å². The Morgan fingerprint density at radius 3 is 2.53 bits per heavy atom. The number of ether oxygens (including phenoxy) is 1. The molecule has 0 unspecified atom stereocenters. The Hall–Kier alpha value is -0.610. The zero-order valence-electron chi connectivity index (χ0n) is 8.41. The minimum Gasteiger partial charge on any atom is -0.494 e. The number of thiocarbonyl (C=S) groups is 1. The molecule has 2 nitrogen and oxygen atoms in total. The van der Waals surface area contributed by atoms with Gasteiger partial charge in [0.05, 0.1) is 11.6 Å². The molecule has 0 bridgehead atoms. The number of rotatable bonds is 6. The molecule has 0 aliphatic heterocycles. The Kier molecular flexibility index (Phi) is 5.65. The van der Waals surface area contributed by atoms with Crippen LogP contribution in [-0.4, -0.2) is 11.6 Å². The molecular formula is C11H14BrNOS. The molecule has 0 aromatic heterocycles. The predicted octanol–water partition coefficient (Wildman–Crippen LogP) is 3.28. The lowest BCUT2D eigenvalue weighted by atomic mass is 10.2. The Balaban J connectivity index is 2.15. The Morgan fingerprint density at radius 1 is 1.27 bits per heavy atom. The second-order valence-corrected chi connectivity index (χ2v) is 4.67. The molecule has 1 aromatic carbocycles. The molecule has 0 atom stereocenters. The Morgan fingerprint density at radius 2 is 1.93 bits per heavy atom. The topological polar surface area (TPSA) is 35.2 Å². The van der Waals surface area contributed by atoms with Crippen LogP contribution < -0.4 is 10.5 Å². The van der Waals surface area contributed by atoms with Crippen LogP contribution in [0.1, 0.15) is 19.3 Å². The van der Waals surface area contributed by atoms with Crippen LogP contribution in [0.3, 0.4) is 0 Å². The van der Waals surface area contributed by atoms with E-state index in [9.17, 15) is 0 Å². The van der Waals surface area contributed by atoms with Crippen molar-refractivity contribution in [2.45, 2.75) is 19.3 Å². The normalized spacial score (nSPS) is 9.93. The molecular weight excluding hydrogens is 274 g/mol. The summed E-state index contributed by atoms with van der Waals surface area (Å²) >= 11 is 8.16. The van der Waals surface area contributed by atoms with Gasteiger partial charge in [-0.3, -0.25) is 0 Å². The van der Waals surface area contributed by atoms with Gasteiger partial charge in [-0.05, 0) is 43.5 Å². The molecule has 0 fully saturated rings. The van der Waals surface area contributed by atoms with Gasteiger partial charge in [0, 0.05) is 4.47 Å². The lowest BCUT2D eigenvalue weighted by Gasteiger charge is -2.05. The number of nitrogens with two attached hydrogens (primary N) is 1. The largest absolute Gasteiger partial charge is 0.494 e. The van der Waals surface area contributed by atoms with Gasteiger partial charge in [-0.25, -0.2) is 0 Å². The molecule has 0 heterocycles. The van der Waals surface area contributed by atoms with E-state index in [1.807, 2.05) is 24.3 Å². The molecule has 0 saturated carbocycles. The average Bonchev–Trinajstić information content (AvgIpc) is 2.20. The Labute approximate surface area is 104 Å². The summed E-state index contributed by atoms with van der Waals surface area (Å²) in [5.41, 5.74) is 5.39. The van der Waals surface area contributed by atoms with Gasteiger partial charge in [-0.1, -0.05) is 28.1 Å². The van der Waals surface area contributed by atoms with E-state index in [-0.39, 0.29) is 0 Å². The standard InChI is InChI=1S/C11H14BrNOS/c12-9-4-6-10(7-5-9)14-8-2-1-3-11(13)15/h4-7H,1-3,8H2,(H2,13,15). The molecule has 0 spiro atoms. The van der Waals surface area contributed by atoms with Gasteiger partial charge >= 0.3 is 0 Å². The first-order chi connectivity index (χ1) is 7.18. The van der Waals surface area contributed by atoms with Crippen LogP contribution in [0.5, 0.6) is 5.75 Å². The molecule has 1 aromatic rings. The third kappa shape index (κ3) is 5.74. The summed E-state index contributed by atoms with van der Waals surface area (Å²) in [4.78, 5) is 0.582. The molecule has 0 aliphatic carbocycles. The molecule has 0 saturated heterocycles. The van der Waals surface area contributed by atoms with Gasteiger partial charge < -0.3 is 10.5 Å². The molecule has 15 heavy (non-hydrogen) atoms. The SMILES string of the molecule is NC(=S)CCCCOc1ccc(Br)cc1. The van der Waals surface area contributed by atoms with E-state index in [2.05, 4.69) is 15.9 Å². The molecule has 0 amide bonds. The fraction of sp³-hybridized carbons (Fsp3) is 0.364. The third-order valence-corrected chi connectivity index (χ3v) is 2.63. The smallest absolute Gasteiger partial charge is 0.119 e. The fourth-order valence-electron chi connectivity index (χ4n) is 1.12. The van der Waals surface area contributed by atoms with Gasteiger partial charge in [0.25, 0.3) is 0 Å². The number of halogens is 1. The predicted molar refractivity (Wildman–Crippen MR) is 70.3 cm³/mol. The summed E-state index contributed by atoms with van der Waals surface area (Å²) in [5, 5.41) is 0. The number of hydrogen-bond acceptors (Lipinski definition) is 2. The minimum absolute atomic E-state index is 0.582. The van der Waals surface area contributed by atoms with Crippen molar-refractivity contribution in [2.24, 2.45) is 5.73 Å². The summed E-state index contributed by atoms with van der Waals surface area (Å²) in [5.74, 6) is 0.897. The number of hydrogen-bond donors (Lipinski definition) is 1. The second kappa shape index (κ2) is 6.80. The van der Waals surface area contributed by atoms with Gasteiger partial charge in [0.15, 0.2) is 0 Å². The van der Waals surface area contributed by atoms with E-state index in [0.717, 1.165) is 29.5 Å². The first kappa shape index (κ1) is 12.5. The van der Waals surface area contributed by atoms with Crippen LogP contribution in [-0.2, 0) is 0 Å². The molecule has 1 rings (SSSR count). The highest BCUT2D eigenvalue weighted by Gasteiger charge is 1.94. The second-order valence-electron chi connectivity index (χ2n) is 3.23. The van der Waals surface area contributed by atoms with Crippen LogP contribution in [0.2, 0.25) is 0 Å². The summed E-state index contributed by atoms with van der Waals surface area (Å²) in [6, 6.07) is 7.81. The van der Waals surface area contributed by atoms with Gasteiger partial charge in [0.1, 0.15) is 5.75 Å². The van der Waals surface area contributed by atoms with Crippen molar-refractivity contribution >= 4 is 33.1 Å². The van der Waals surface area contributed by atoms with Crippen molar-refractivity contribution < 1.29 is 4.74 Å². The van der Waals surface area contributed by atoms with E-state index in [0.29, 0.717) is 11.6 Å². The van der Waals surface area contributed by atoms with Crippen LogP contribution >= 0.6 is 28.1 Å².